The van der Waals surface area contributed by atoms with E-state index in [1.165, 1.54) is 0 Å². The predicted octanol–water partition coefficient (Wildman–Crippen LogP) is 2.39. The van der Waals surface area contributed by atoms with Crippen LogP contribution in [-0.2, 0) is 9.59 Å². The second-order valence-corrected chi connectivity index (χ2v) is 5.26. The lowest BCUT2D eigenvalue weighted by atomic mass is 10.1. The van der Waals surface area contributed by atoms with Gasteiger partial charge in [-0.05, 0) is 17.5 Å². The van der Waals surface area contributed by atoms with Crippen LogP contribution in [0, 0.1) is 0 Å². The van der Waals surface area contributed by atoms with Crippen molar-refractivity contribution in [3.05, 3.63) is 77.9 Å². The Morgan fingerprint density at radius 3 is 2.17 bits per heavy atom. The number of amides is 1. The minimum atomic E-state index is -1.40. The molecule has 0 aromatic heterocycles. The standard InChI is InChI=1S/C19H19NO4/c21-17(15-11-5-2-6-12-15)18(22)20-16(19(23)24)13-7-10-14-8-3-1-4-9-14/h1-12,16-17,21H,13H2,(H,20,22)(H,23,24)/b10-7+/t16-,17+/m1/s1. The number of aliphatic carboxylic acids is 1. The Morgan fingerprint density at radius 1 is 1.00 bits per heavy atom. The van der Waals surface area contributed by atoms with Crippen molar-refractivity contribution in [1.82, 2.24) is 5.32 Å². The maximum atomic E-state index is 12.0. The molecule has 5 nitrogen and oxygen atoms in total. The molecule has 0 radical (unpaired) electrons. The Balaban J connectivity index is 1.97. The summed E-state index contributed by atoms with van der Waals surface area (Å²) in [5, 5.41) is 21.6. The molecule has 0 saturated carbocycles. The van der Waals surface area contributed by atoms with Crippen molar-refractivity contribution in [2.45, 2.75) is 18.6 Å². The first kappa shape index (κ1) is 17.4. The first-order valence-electron chi connectivity index (χ1n) is 7.55. The van der Waals surface area contributed by atoms with Crippen molar-refractivity contribution in [1.29, 1.82) is 0 Å². The molecule has 2 rings (SSSR count). The highest BCUT2D eigenvalue weighted by Gasteiger charge is 2.23. The molecule has 0 fully saturated rings. The molecular weight excluding hydrogens is 306 g/mol. The smallest absolute Gasteiger partial charge is 0.326 e. The van der Waals surface area contributed by atoms with E-state index in [0.717, 1.165) is 5.56 Å². The van der Waals surface area contributed by atoms with Crippen LogP contribution in [-0.4, -0.2) is 28.1 Å². The lowest BCUT2D eigenvalue weighted by Gasteiger charge is -2.16. The van der Waals surface area contributed by atoms with Gasteiger partial charge in [-0.25, -0.2) is 4.79 Å². The second kappa shape index (κ2) is 8.64. The first-order chi connectivity index (χ1) is 11.6. The molecule has 0 aliphatic rings. The molecule has 2 aromatic carbocycles. The van der Waals surface area contributed by atoms with Gasteiger partial charge in [0.05, 0.1) is 0 Å². The molecule has 0 heterocycles. The van der Waals surface area contributed by atoms with Crippen LogP contribution in [0.5, 0.6) is 0 Å². The Morgan fingerprint density at radius 2 is 1.58 bits per heavy atom. The van der Waals surface area contributed by atoms with E-state index in [2.05, 4.69) is 5.32 Å². The fourth-order valence-electron chi connectivity index (χ4n) is 2.16. The van der Waals surface area contributed by atoms with E-state index in [1.807, 2.05) is 30.3 Å². The van der Waals surface area contributed by atoms with Crippen LogP contribution in [0.25, 0.3) is 6.08 Å². The van der Waals surface area contributed by atoms with Gasteiger partial charge in [0.1, 0.15) is 6.04 Å². The zero-order valence-electron chi connectivity index (χ0n) is 13.0. The summed E-state index contributed by atoms with van der Waals surface area (Å²) in [5.41, 5.74) is 1.36. The topological polar surface area (TPSA) is 86.6 Å². The van der Waals surface area contributed by atoms with E-state index >= 15 is 0 Å². The molecule has 24 heavy (non-hydrogen) atoms. The third-order valence-electron chi connectivity index (χ3n) is 3.46. The average Bonchev–Trinajstić information content (AvgIpc) is 2.61. The van der Waals surface area contributed by atoms with E-state index in [1.54, 1.807) is 42.5 Å². The van der Waals surface area contributed by atoms with Gasteiger partial charge < -0.3 is 15.5 Å². The highest BCUT2D eigenvalue weighted by atomic mass is 16.4. The van der Waals surface area contributed by atoms with Gasteiger partial charge >= 0.3 is 5.97 Å². The minimum absolute atomic E-state index is 0.122. The van der Waals surface area contributed by atoms with Crippen molar-refractivity contribution in [2.75, 3.05) is 0 Å². The van der Waals surface area contributed by atoms with Crippen LogP contribution >= 0.6 is 0 Å². The number of hydrogen-bond donors (Lipinski definition) is 3. The van der Waals surface area contributed by atoms with Crippen molar-refractivity contribution >= 4 is 18.0 Å². The van der Waals surface area contributed by atoms with Gasteiger partial charge in [-0.15, -0.1) is 0 Å². The summed E-state index contributed by atoms with van der Waals surface area (Å²) in [5.74, 6) is -1.89. The van der Waals surface area contributed by atoms with E-state index < -0.39 is 24.0 Å². The summed E-state index contributed by atoms with van der Waals surface area (Å²) in [6, 6.07) is 16.7. The van der Waals surface area contributed by atoms with Crippen LogP contribution in [0.15, 0.2) is 66.7 Å². The van der Waals surface area contributed by atoms with Gasteiger partial charge in [0.15, 0.2) is 6.10 Å². The largest absolute Gasteiger partial charge is 0.480 e. The second-order valence-electron chi connectivity index (χ2n) is 5.26. The highest BCUT2D eigenvalue weighted by Crippen LogP contribution is 2.13. The molecule has 5 heteroatoms. The summed E-state index contributed by atoms with van der Waals surface area (Å²) in [6.07, 6.45) is 2.20. The number of carboxylic acids is 1. The third-order valence-corrected chi connectivity index (χ3v) is 3.46. The SMILES string of the molecule is O=C(N[C@H](C/C=C/c1ccccc1)C(=O)O)[C@@H](O)c1ccccc1. The number of aliphatic hydroxyl groups is 1. The molecule has 0 aliphatic carbocycles. The molecule has 124 valence electrons. The number of hydrogen-bond acceptors (Lipinski definition) is 3. The average molecular weight is 325 g/mol. The van der Waals surface area contributed by atoms with Crippen LogP contribution in [0.2, 0.25) is 0 Å². The quantitative estimate of drug-likeness (QED) is 0.729. The minimum Gasteiger partial charge on any atom is -0.480 e. The van der Waals surface area contributed by atoms with E-state index in [0.29, 0.717) is 5.56 Å². The molecule has 0 unspecified atom stereocenters. The monoisotopic (exact) mass is 325 g/mol. The first-order valence-corrected chi connectivity index (χ1v) is 7.55. The molecule has 2 aromatic rings. The summed E-state index contributed by atoms with van der Waals surface area (Å²) < 4.78 is 0. The zero-order valence-corrected chi connectivity index (χ0v) is 13.0. The zero-order chi connectivity index (χ0) is 17.4. The predicted molar refractivity (Wildman–Crippen MR) is 91.1 cm³/mol. The van der Waals surface area contributed by atoms with Crippen LogP contribution < -0.4 is 5.32 Å². The maximum Gasteiger partial charge on any atom is 0.326 e. The molecular formula is C19H19NO4. The molecule has 2 atom stereocenters. The van der Waals surface area contributed by atoms with Gasteiger partial charge in [0, 0.05) is 0 Å². The number of carbonyl (C=O) groups excluding carboxylic acids is 1. The van der Waals surface area contributed by atoms with Crippen molar-refractivity contribution in [3.63, 3.8) is 0 Å². The van der Waals surface area contributed by atoms with Gasteiger partial charge in [0.25, 0.3) is 5.91 Å². The number of nitrogens with one attached hydrogen (secondary N) is 1. The molecule has 3 N–H and O–H groups in total. The Kier molecular flexibility index (Phi) is 6.28. The molecule has 0 bridgehead atoms. The number of carbonyl (C=O) groups is 2. The number of benzene rings is 2. The van der Waals surface area contributed by atoms with Gasteiger partial charge in [-0.1, -0.05) is 72.8 Å². The van der Waals surface area contributed by atoms with E-state index in [9.17, 15) is 19.8 Å². The normalized spacial score (nSPS) is 13.4. The maximum absolute atomic E-state index is 12.0. The molecule has 1 amide bonds. The van der Waals surface area contributed by atoms with E-state index in [-0.39, 0.29) is 6.42 Å². The number of aliphatic hydroxyl groups excluding tert-OH is 1. The molecule has 0 spiro atoms. The summed E-state index contributed by atoms with van der Waals surface area (Å²) in [7, 11) is 0. The highest BCUT2D eigenvalue weighted by molar-refractivity contribution is 5.87. The van der Waals surface area contributed by atoms with Crippen molar-refractivity contribution in [2.24, 2.45) is 0 Å². The Labute approximate surface area is 140 Å². The molecule has 0 saturated heterocycles. The Hall–Kier alpha value is -2.92. The van der Waals surface area contributed by atoms with Gasteiger partial charge in [0.2, 0.25) is 0 Å². The van der Waals surface area contributed by atoms with Crippen LogP contribution in [0.1, 0.15) is 23.7 Å². The summed E-state index contributed by atoms with van der Waals surface area (Å²) in [4.78, 5) is 23.3. The summed E-state index contributed by atoms with van der Waals surface area (Å²) in [6.45, 7) is 0. The lowest BCUT2D eigenvalue weighted by Crippen LogP contribution is -2.42. The molecule has 0 aliphatic heterocycles. The fraction of sp³-hybridized carbons (Fsp3) is 0.158. The summed E-state index contributed by atoms with van der Waals surface area (Å²) >= 11 is 0. The number of rotatable bonds is 7. The lowest BCUT2D eigenvalue weighted by molar-refractivity contribution is -0.143. The van der Waals surface area contributed by atoms with Crippen molar-refractivity contribution < 1.29 is 19.8 Å². The Bertz CT molecular complexity index is 698. The van der Waals surface area contributed by atoms with E-state index in [4.69, 9.17) is 0 Å². The van der Waals surface area contributed by atoms with Gasteiger partial charge in [-0.2, -0.15) is 0 Å². The number of carboxylic acid groups (broad SMARTS) is 1. The van der Waals surface area contributed by atoms with Crippen LogP contribution in [0.3, 0.4) is 0 Å². The fourth-order valence-corrected chi connectivity index (χ4v) is 2.16. The van der Waals surface area contributed by atoms with Crippen molar-refractivity contribution in [3.8, 4) is 0 Å². The third kappa shape index (κ3) is 5.07. The van der Waals surface area contributed by atoms with Gasteiger partial charge in [-0.3, -0.25) is 4.79 Å². The van der Waals surface area contributed by atoms with Crippen LogP contribution in [0.4, 0.5) is 0 Å².